The topological polar surface area (TPSA) is 9.23 Å². The average Bonchev–Trinajstić information content (AvgIpc) is 2.26. The minimum Gasteiger partial charge on any atom is -0.381 e. The number of ether oxygens (including phenoxy) is 1. The molecule has 0 aromatic heterocycles. The van der Waals surface area contributed by atoms with Crippen LogP contribution in [0.1, 0.15) is 12.8 Å². The SMILES string of the molecule is C=CCSCCCOCCCSCC=C. The number of hydrogen-bond acceptors (Lipinski definition) is 3. The predicted octanol–water partition coefficient (Wildman–Crippen LogP) is 3.62. The molecule has 0 atom stereocenters. The van der Waals surface area contributed by atoms with Crippen molar-refractivity contribution < 1.29 is 4.74 Å². The third kappa shape index (κ3) is 14.1. The molecule has 0 rings (SSSR count). The monoisotopic (exact) mass is 246 g/mol. The molecule has 0 fully saturated rings. The maximum atomic E-state index is 5.52. The molecule has 15 heavy (non-hydrogen) atoms. The smallest absolute Gasteiger partial charge is 0.0473 e. The van der Waals surface area contributed by atoms with Crippen molar-refractivity contribution in [3.05, 3.63) is 25.3 Å². The minimum absolute atomic E-state index is 0.899. The average molecular weight is 246 g/mol. The molecule has 0 aliphatic carbocycles. The fourth-order valence-corrected chi connectivity index (χ4v) is 2.27. The van der Waals surface area contributed by atoms with Gasteiger partial charge in [0.05, 0.1) is 0 Å². The van der Waals surface area contributed by atoms with Gasteiger partial charge in [0, 0.05) is 24.7 Å². The largest absolute Gasteiger partial charge is 0.381 e. The Balaban J connectivity index is 2.86. The molecule has 0 bridgehead atoms. The highest BCUT2D eigenvalue weighted by Gasteiger charge is 1.91. The number of rotatable bonds is 12. The number of thioether (sulfide) groups is 2. The fraction of sp³-hybridized carbons (Fsp3) is 0.667. The first kappa shape index (κ1) is 15.1. The number of hydrogen-bond donors (Lipinski definition) is 0. The lowest BCUT2D eigenvalue weighted by Gasteiger charge is -2.03. The van der Waals surface area contributed by atoms with E-state index in [9.17, 15) is 0 Å². The lowest BCUT2D eigenvalue weighted by molar-refractivity contribution is 0.137. The van der Waals surface area contributed by atoms with Crippen LogP contribution >= 0.6 is 23.5 Å². The van der Waals surface area contributed by atoms with E-state index in [2.05, 4.69) is 13.2 Å². The lowest BCUT2D eigenvalue weighted by atomic mass is 10.5. The van der Waals surface area contributed by atoms with Crippen LogP contribution in [0, 0.1) is 0 Å². The van der Waals surface area contributed by atoms with Gasteiger partial charge in [-0.1, -0.05) is 12.2 Å². The van der Waals surface area contributed by atoms with Gasteiger partial charge in [-0.15, -0.1) is 13.2 Å². The summed E-state index contributed by atoms with van der Waals surface area (Å²) in [5, 5.41) is 0. The second kappa shape index (κ2) is 14.1. The summed E-state index contributed by atoms with van der Waals surface area (Å²) < 4.78 is 5.52. The van der Waals surface area contributed by atoms with Crippen molar-refractivity contribution in [3.63, 3.8) is 0 Å². The van der Waals surface area contributed by atoms with E-state index in [1.165, 1.54) is 11.5 Å². The zero-order valence-corrected chi connectivity index (χ0v) is 11.1. The molecule has 3 heteroatoms. The molecule has 0 aliphatic rings. The Labute approximate surface area is 103 Å². The van der Waals surface area contributed by atoms with E-state index in [0.29, 0.717) is 0 Å². The quantitative estimate of drug-likeness (QED) is 0.384. The van der Waals surface area contributed by atoms with Crippen molar-refractivity contribution in [1.29, 1.82) is 0 Å². The van der Waals surface area contributed by atoms with Crippen LogP contribution in [-0.4, -0.2) is 36.2 Å². The van der Waals surface area contributed by atoms with Crippen molar-refractivity contribution >= 4 is 23.5 Å². The van der Waals surface area contributed by atoms with Gasteiger partial charge in [-0.25, -0.2) is 0 Å². The molecule has 0 amide bonds. The maximum absolute atomic E-state index is 5.52. The van der Waals surface area contributed by atoms with Crippen LogP contribution < -0.4 is 0 Å². The van der Waals surface area contributed by atoms with Crippen LogP contribution in [0.4, 0.5) is 0 Å². The van der Waals surface area contributed by atoms with E-state index in [0.717, 1.165) is 37.6 Å². The molecule has 0 aromatic rings. The van der Waals surface area contributed by atoms with Gasteiger partial charge in [0.1, 0.15) is 0 Å². The Morgan fingerprint density at radius 1 is 0.867 bits per heavy atom. The van der Waals surface area contributed by atoms with Crippen LogP contribution in [0.2, 0.25) is 0 Å². The normalized spacial score (nSPS) is 10.1. The summed E-state index contributed by atoms with van der Waals surface area (Å²) in [6.07, 6.45) is 6.20. The molecule has 0 aliphatic heterocycles. The van der Waals surface area contributed by atoms with Crippen molar-refractivity contribution in [1.82, 2.24) is 0 Å². The van der Waals surface area contributed by atoms with Gasteiger partial charge in [0.15, 0.2) is 0 Å². The van der Waals surface area contributed by atoms with E-state index < -0.39 is 0 Å². The highest BCUT2D eigenvalue weighted by atomic mass is 32.2. The van der Waals surface area contributed by atoms with Crippen molar-refractivity contribution in [2.24, 2.45) is 0 Å². The Bertz CT molecular complexity index is 133. The summed E-state index contributed by atoms with van der Waals surface area (Å²) in [5.74, 6) is 4.46. The van der Waals surface area contributed by atoms with E-state index >= 15 is 0 Å². The van der Waals surface area contributed by atoms with Gasteiger partial charge in [0.25, 0.3) is 0 Å². The molecule has 0 heterocycles. The van der Waals surface area contributed by atoms with E-state index in [-0.39, 0.29) is 0 Å². The van der Waals surface area contributed by atoms with Crippen molar-refractivity contribution in [2.75, 3.05) is 36.2 Å². The second-order valence-corrected chi connectivity index (χ2v) is 5.35. The van der Waals surface area contributed by atoms with E-state index in [1.54, 1.807) is 0 Å². The predicted molar refractivity (Wildman–Crippen MR) is 75.1 cm³/mol. The van der Waals surface area contributed by atoms with Gasteiger partial charge in [-0.3, -0.25) is 0 Å². The summed E-state index contributed by atoms with van der Waals surface area (Å²) in [5.41, 5.74) is 0. The van der Waals surface area contributed by atoms with E-state index in [4.69, 9.17) is 4.74 Å². The third-order valence-corrected chi connectivity index (χ3v) is 3.72. The van der Waals surface area contributed by atoms with Crippen LogP contribution in [0.5, 0.6) is 0 Å². The van der Waals surface area contributed by atoms with Gasteiger partial charge in [-0.05, 0) is 24.3 Å². The molecule has 1 nitrogen and oxygen atoms in total. The highest BCUT2D eigenvalue weighted by Crippen LogP contribution is 2.04. The highest BCUT2D eigenvalue weighted by molar-refractivity contribution is 7.99. The Kier molecular flexibility index (Phi) is 14.3. The molecule has 0 radical (unpaired) electrons. The molecule has 0 saturated heterocycles. The zero-order valence-electron chi connectivity index (χ0n) is 9.45. The van der Waals surface area contributed by atoms with Crippen molar-refractivity contribution in [2.45, 2.75) is 12.8 Å². The second-order valence-electron chi connectivity index (χ2n) is 3.05. The van der Waals surface area contributed by atoms with Crippen LogP contribution in [-0.2, 0) is 4.74 Å². The van der Waals surface area contributed by atoms with Gasteiger partial charge < -0.3 is 4.74 Å². The Morgan fingerprint density at radius 2 is 1.33 bits per heavy atom. The summed E-state index contributed by atoms with van der Waals surface area (Å²) in [4.78, 5) is 0. The first-order chi connectivity index (χ1) is 7.41. The van der Waals surface area contributed by atoms with Gasteiger partial charge in [0.2, 0.25) is 0 Å². The summed E-state index contributed by atoms with van der Waals surface area (Å²) >= 11 is 3.83. The Hall–Kier alpha value is 0.140. The van der Waals surface area contributed by atoms with Crippen LogP contribution in [0.25, 0.3) is 0 Å². The van der Waals surface area contributed by atoms with E-state index in [1.807, 2.05) is 35.7 Å². The standard InChI is InChI=1S/C12H22OS2/c1-3-9-14-11-5-7-13-8-6-12-15-10-4-2/h3-4H,1-2,5-12H2. The van der Waals surface area contributed by atoms with Crippen LogP contribution in [0.3, 0.4) is 0 Å². The molecule has 88 valence electrons. The summed E-state index contributed by atoms with van der Waals surface area (Å²) in [7, 11) is 0. The van der Waals surface area contributed by atoms with Crippen molar-refractivity contribution in [3.8, 4) is 0 Å². The van der Waals surface area contributed by atoms with Crippen LogP contribution in [0.15, 0.2) is 25.3 Å². The molecule has 0 saturated carbocycles. The molecular formula is C12H22OS2. The summed E-state index contributed by atoms with van der Waals surface area (Å²) in [6.45, 7) is 9.16. The van der Waals surface area contributed by atoms with Gasteiger partial charge >= 0.3 is 0 Å². The third-order valence-electron chi connectivity index (χ3n) is 1.63. The first-order valence-electron chi connectivity index (χ1n) is 5.37. The summed E-state index contributed by atoms with van der Waals surface area (Å²) in [6, 6.07) is 0. The molecule has 0 spiro atoms. The lowest BCUT2D eigenvalue weighted by Crippen LogP contribution is -1.99. The molecular weight excluding hydrogens is 224 g/mol. The first-order valence-corrected chi connectivity index (χ1v) is 7.67. The van der Waals surface area contributed by atoms with Gasteiger partial charge in [-0.2, -0.15) is 23.5 Å². The maximum Gasteiger partial charge on any atom is 0.0473 e. The fourth-order valence-electron chi connectivity index (χ4n) is 0.961. The minimum atomic E-state index is 0.899. The zero-order chi connectivity index (χ0) is 11.2. The molecule has 0 N–H and O–H groups in total. The molecule has 0 unspecified atom stereocenters. The Morgan fingerprint density at radius 3 is 1.73 bits per heavy atom. The molecule has 0 aromatic carbocycles.